The summed E-state index contributed by atoms with van der Waals surface area (Å²) in [6, 6.07) is 6.70. The molecule has 3 N–H and O–H groups in total. The molecule has 2 aliphatic rings. The average molecular weight is 437 g/mol. The maximum atomic E-state index is 12.5. The number of nitrogens with one attached hydrogen (secondary N) is 3. The van der Waals surface area contributed by atoms with Crippen molar-refractivity contribution in [1.29, 1.82) is 0 Å². The van der Waals surface area contributed by atoms with Crippen molar-refractivity contribution in [1.82, 2.24) is 15.5 Å². The van der Waals surface area contributed by atoms with Gasteiger partial charge in [-0.15, -0.1) is 0 Å². The van der Waals surface area contributed by atoms with Gasteiger partial charge in [0, 0.05) is 17.4 Å². The molecule has 2 fully saturated rings. The number of benzene rings is 1. The van der Waals surface area contributed by atoms with Crippen LogP contribution in [0.5, 0.6) is 0 Å². The Morgan fingerprint density at radius 3 is 2.56 bits per heavy atom. The molecule has 8 nitrogen and oxygen atoms in total. The van der Waals surface area contributed by atoms with Gasteiger partial charge in [0.1, 0.15) is 5.54 Å². The van der Waals surface area contributed by atoms with Gasteiger partial charge in [-0.1, -0.05) is 25.0 Å². The van der Waals surface area contributed by atoms with Gasteiger partial charge in [-0.3, -0.25) is 19.3 Å². The highest BCUT2D eigenvalue weighted by Gasteiger charge is 2.52. The second-order valence-corrected chi connectivity index (χ2v) is 7.59. The number of amides is 5. The zero-order chi connectivity index (χ0) is 19.4. The second kappa shape index (κ2) is 8.08. The largest absolute Gasteiger partial charge is 0.347 e. The summed E-state index contributed by atoms with van der Waals surface area (Å²) >= 11 is 3.33. The fourth-order valence-corrected chi connectivity index (χ4v) is 3.82. The van der Waals surface area contributed by atoms with Crippen molar-refractivity contribution in [2.75, 3.05) is 18.4 Å². The molecule has 1 saturated heterocycles. The van der Waals surface area contributed by atoms with E-state index in [1.54, 1.807) is 18.2 Å². The minimum atomic E-state index is -0.767. The van der Waals surface area contributed by atoms with Crippen LogP contribution in [0.2, 0.25) is 0 Å². The van der Waals surface area contributed by atoms with Gasteiger partial charge in [-0.25, -0.2) is 4.79 Å². The predicted octanol–water partition coefficient (Wildman–Crippen LogP) is 1.76. The van der Waals surface area contributed by atoms with Crippen LogP contribution >= 0.6 is 15.9 Å². The molecule has 1 spiro atoms. The first-order valence-electron chi connectivity index (χ1n) is 8.86. The summed E-state index contributed by atoms with van der Waals surface area (Å²) in [4.78, 5) is 49.6. The van der Waals surface area contributed by atoms with Crippen LogP contribution in [-0.4, -0.2) is 47.3 Å². The molecule has 144 valence electrons. The molecule has 1 aliphatic heterocycles. The molecule has 3 rings (SSSR count). The summed E-state index contributed by atoms with van der Waals surface area (Å²) in [5, 5.41) is 7.95. The van der Waals surface area contributed by atoms with Gasteiger partial charge in [0.25, 0.3) is 5.91 Å². The zero-order valence-electron chi connectivity index (χ0n) is 14.7. The van der Waals surface area contributed by atoms with Crippen molar-refractivity contribution >= 4 is 45.4 Å². The number of rotatable bonds is 6. The lowest BCUT2D eigenvalue weighted by Crippen LogP contribution is -2.44. The molecule has 27 heavy (non-hydrogen) atoms. The summed E-state index contributed by atoms with van der Waals surface area (Å²) in [6.45, 7) is -0.186. The number of carbonyl (C=O) groups excluding carboxylic acids is 4. The highest BCUT2D eigenvalue weighted by molar-refractivity contribution is 9.10. The van der Waals surface area contributed by atoms with E-state index in [1.807, 2.05) is 6.07 Å². The van der Waals surface area contributed by atoms with E-state index in [1.165, 1.54) is 0 Å². The Morgan fingerprint density at radius 1 is 1.15 bits per heavy atom. The van der Waals surface area contributed by atoms with E-state index < -0.39 is 17.5 Å². The quantitative estimate of drug-likeness (QED) is 0.590. The highest BCUT2D eigenvalue weighted by atomic mass is 79.9. The topological polar surface area (TPSA) is 108 Å². The fraction of sp³-hybridized carbons (Fsp3) is 0.444. The number of halogens is 1. The number of hydrogen-bond donors (Lipinski definition) is 3. The van der Waals surface area contributed by atoms with Gasteiger partial charge in [-0.05, 0) is 40.9 Å². The van der Waals surface area contributed by atoms with Crippen LogP contribution in [0.1, 0.15) is 32.1 Å². The normalized spacial score (nSPS) is 17.9. The Morgan fingerprint density at radius 2 is 1.85 bits per heavy atom. The lowest BCUT2D eigenvalue weighted by molar-refractivity contribution is -0.131. The molecule has 1 aliphatic carbocycles. The van der Waals surface area contributed by atoms with Gasteiger partial charge in [0.15, 0.2) is 0 Å². The summed E-state index contributed by atoms with van der Waals surface area (Å²) in [7, 11) is 0. The Balaban J connectivity index is 1.43. The Bertz CT molecular complexity index is 776. The standard InChI is InChI=1S/C18H21BrN4O4/c19-12-5-1-2-6-13(12)21-15(25)11-20-14(24)7-10-23-16(26)18(22-17(23)27)8-3-4-9-18/h1-2,5-6H,3-4,7-11H2,(H,20,24)(H,21,25)(H,22,27). The van der Waals surface area contributed by atoms with Crippen LogP contribution in [-0.2, 0) is 14.4 Å². The molecule has 1 heterocycles. The van der Waals surface area contributed by atoms with Crippen molar-refractivity contribution in [3.8, 4) is 0 Å². The average Bonchev–Trinajstić information content (AvgIpc) is 3.19. The summed E-state index contributed by atoms with van der Waals surface area (Å²) in [6.07, 6.45) is 3.07. The minimum absolute atomic E-state index is 0.00407. The molecule has 5 amide bonds. The minimum Gasteiger partial charge on any atom is -0.347 e. The third kappa shape index (κ3) is 4.29. The molecule has 0 atom stereocenters. The van der Waals surface area contributed by atoms with E-state index in [0.717, 1.165) is 22.2 Å². The van der Waals surface area contributed by atoms with Crippen LogP contribution in [0.3, 0.4) is 0 Å². The van der Waals surface area contributed by atoms with Crippen LogP contribution < -0.4 is 16.0 Å². The first kappa shape index (κ1) is 19.3. The molecule has 1 aromatic carbocycles. The van der Waals surface area contributed by atoms with Crippen molar-refractivity contribution in [2.24, 2.45) is 0 Å². The number of imide groups is 1. The Labute approximate surface area is 165 Å². The van der Waals surface area contributed by atoms with E-state index in [0.29, 0.717) is 18.5 Å². The third-order valence-electron chi connectivity index (χ3n) is 4.86. The Kier molecular flexibility index (Phi) is 5.79. The molecule has 0 unspecified atom stereocenters. The fourth-order valence-electron chi connectivity index (χ4n) is 3.43. The zero-order valence-corrected chi connectivity index (χ0v) is 16.3. The summed E-state index contributed by atoms with van der Waals surface area (Å²) < 4.78 is 0.740. The predicted molar refractivity (Wildman–Crippen MR) is 102 cm³/mol. The number of anilines is 1. The van der Waals surface area contributed by atoms with Gasteiger partial charge >= 0.3 is 6.03 Å². The van der Waals surface area contributed by atoms with Gasteiger partial charge in [0.05, 0.1) is 12.2 Å². The Hall–Kier alpha value is -2.42. The molecule has 0 aromatic heterocycles. The van der Waals surface area contributed by atoms with E-state index in [4.69, 9.17) is 0 Å². The van der Waals surface area contributed by atoms with Gasteiger partial charge in [-0.2, -0.15) is 0 Å². The monoisotopic (exact) mass is 436 g/mol. The SMILES string of the molecule is O=C(CCN1C(=O)NC2(CCCC2)C1=O)NCC(=O)Nc1ccccc1Br. The maximum Gasteiger partial charge on any atom is 0.325 e. The number of nitrogens with zero attached hydrogens (tertiary/aromatic N) is 1. The van der Waals surface area contributed by atoms with E-state index in [9.17, 15) is 19.2 Å². The highest BCUT2D eigenvalue weighted by Crippen LogP contribution is 2.35. The number of hydrogen-bond acceptors (Lipinski definition) is 4. The third-order valence-corrected chi connectivity index (χ3v) is 5.55. The summed E-state index contributed by atoms with van der Waals surface area (Å²) in [5.74, 6) is -1.01. The van der Waals surface area contributed by atoms with Crippen molar-refractivity contribution in [3.63, 3.8) is 0 Å². The van der Waals surface area contributed by atoms with Crippen molar-refractivity contribution in [3.05, 3.63) is 28.7 Å². The van der Waals surface area contributed by atoms with E-state index in [-0.39, 0.29) is 31.3 Å². The molecule has 1 aromatic rings. The number of carbonyl (C=O) groups is 4. The van der Waals surface area contributed by atoms with Crippen molar-refractivity contribution in [2.45, 2.75) is 37.6 Å². The smallest absolute Gasteiger partial charge is 0.325 e. The van der Waals surface area contributed by atoms with Gasteiger partial charge < -0.3 is 16.0 Å². The number of para-hydroxylation sites is 1. The molecule has 0 bridgehead atoms. The van der Waals surface area contributed by atoms with Crippen LogP contribution in [0.15, 0.2) is 28.7 Å². The van der Waals surface area contributed by atoms with Crippen LogP contribution in [0.4, 0.5) is 10.5 Å². The second-order valence-electron chi connectivity index (χ2n) is 6.73. The summed E-state index contributed by atoms with van der Waals surface area (Å²) in [5.41, 5.74) is -0.158. The van der Waals surface area contributed by atoms with Crippen molar-refractivity contribution < 1.29 is 19.2 Å². The maximum absolute atomic E-state index is 12.5. The molecule has 1 saturated carbocycles. The van der Waals surface area contributed by atoms with Crippen LogP contribution in [0.25, 0.3) is 0 Å². The van der Waals surface area contributed by atoms with E-state index in [2.05, 4.69) is 31.9 Å². The molecular formula is C18H21BrN4O4. The lowest BCUT2D eigenvalue weighted by atomic mass is 9.98. The molecule has 9 heteroatoms. The molecular weight excluding hydrogens is 416 g/mol. The first-order chi connectivity index (χ1) is 12.9. The van der Waals surface area contributed by atoms with Crippen LogP contribution in [0, 0.1) is 0 Å². The van der Waals surface area contributed by atoms with E-state index >= 15 is 0 Å². The van der Waals surface area contributed by atoms with Gasteiger partial charge in [0.2, 0.25) is 11.8 Å². The number of urea groups is 1. The molecule has 0 radical (unpaired) electrons. The lowest BCUT2D eigenvalue weighted by Gasteiger charge is -2.19. The first-order valence-corrected chi connectivity index (χ1v) is 9.66.